The maximum atomic E-state index is 12.4. The van der Waals surface area contributed by atoms with Crippen molar-refractivity contribution in [2.24, 2.45) is 5.92 Å². The summed E-state index contributed by atoms with van der Waals surface area (Å²) in [6.07, 6.45) is 1.62. The van der Waals surface area contributed by atoms with Crippen LogP contribution >= 0.6 is 0 Å². The lowest BCUT2D eigenvalue weighted by Gasteiger charge is -2.28. The zero-order chi connectivity index (χ0) is 14.4. The average molecular weight is 277 g/mol. The van der Waals surface area contributed by atoms with Gasteiger partial charge in [-0.1, -0.05) is 30.3 Å². The summed E-state index contributed by atoms with van der Waals surface area (Å²) in [5, 5.41) is 8.98. The number of hydrogen-bond donors (Lipinski definition) is 1. The molecule has 0 radical (unpaired) electrons. The van der Waals surface area contributed by atoms with Gasteiger partial charge < -0.3 is 14.7 Å². The molecule has 1 atom stereocenters. The number of ether oxygens (including phenoxy) is 1. The van der Waals surface area contributed by atoms with E-state index in [9.17, 15) is 9.59 Å². The number of carboxylic acid groups (broad SMARTS) is 1. The summed E-state index contributed by atoms with van der Waals surface area (Å²) in [7, 11) is 0. The molecular weight excluding hydrogens is 258 g/mol. The standard InChI is InChI=1S/C15H19NO4/c17-14(18)10-16(9-12-5-2-1-3-6-12)15(19)13-7-4-8-20-11-13/h1-3,5-6,13H,4,7-11H2,(H,17,18). The predicted octanol–water partition coefficient (Wildman–Crippen LogP) is 1.53. The van der Waals surface area contributed by atoms with Gasteiger partial charge in [-0.05, 0) is 18.4 Å². The highest BCUT2D eigenvalue weighted by Crippen LogP contribution is 2.18. The van der Waals surface area contributed by atoms with Gasteiger partial charge in [-0.15, -0.1) is 0 Å². The number of carbonyl (C=O) groups excluding carboxylic acids is 1. The summed E-state index contributed by atoms with van der Waals surface area (Å²) in [5.74, 6) is -1.34. The normalized spacial score (nSPS) is 18.5. The van der Waals surface area contributed by atoms with E-state index >= 15 is 0 Å². The van der Waals surface area contributed by atoms with Crippen molar-refractivity contribution in [1.82, 2.24) is 4.90 Å². The number of carboxylic acids is 1. The van der Waals surface area contributed by atoms with Crippen LogP contribution in [0.25, 0.3) is 0 Å². The van der Waals surface area contributed by atoms with Crippen LogP contribution in [0.5, 0.6) is 0 Å². The maximum absolute atomic E-state index is 12.4. The van der Waals surface area contributed by atoms with Crippen LogP contribution in [0, 0.1) is 5.92 Å². The lowest BCUT2D eigenvalue weighted by molar-refractivity contribution is -0.149. The van der Waals surface area contributed by atoms with E-state index in [4.69, 9.17) is 9.84 Å². The van der Waals surface area contributed by atoms with E-state index in [1.54, 1.807) is 0 Å². The van der Waals surface area contributed by atoms with Gasteiger partial charge in [-0.3, -0.25) is 9.59 Å². The summed E-state index contributed by atoms with van der Waals surface area (Å²) in [6.45, 7) is 1.12. The smallest absolute Gasteiger partial charge is 0.323 e. The summed E-state index contributed by atoms with van der Waals surface area (Å²) in [6, 6.07) is 9.42. The second-order valence-corrected chi connectivity index (χ2v) is 4.99. The highest BCUT2D eigenvalue weighted by molar-refractivity contribution is 5.83. The Morgan fingerprint density at radius 2 is 2.05 bits per heavy atom. The van der Waals surface area contributed by atoms with Crippen LogP contribution in [0.3, 0.4) is 0 Å². The Bertz CT molecular complexity index is 454. The van der Waals surface area contributed by atoms with E-state index < -0.39 is 5.97 Å². The van der Waals surface area contributed by atoms with Gasteiger partial charge in [0, 0.05) is 13.2 Å². The fraction of sp³-hybridized carbons (Fsp3) is 0.467. The zero-order valence-corrected chi connectivity index (χ0v) is 11.3. The molecule has 1 saturated heterocycles. The molecule has 1 fully saturated rings. The first kappa shape index (κ1) is 14.5. The molecule has 1 amide bonds. The molecule has 0 aliphatic carbocycles. The SMILES string of the molecule is O=C(O)CN(Cc1ccccc1)C(=O)C1CCCOC1. The highest BCUT2D eigenvalue weighted by atomic mass is 16.5. The number of hydrogen-bond acceptors (Lipinski definition) is 3. The molecule has 1 aromatic rings. The Morgan fingerprint density at radius 1 is 1.30 bits per heavy atom. The van der Waals surface area contributed by atoms with Gasteiger partial charge in [0.25, 0.3) is 0 Å². The van der Waals surface area contributed by atoms with Crippen molar-refractivity contribution >= 4 is 11.9 Å². The quantitative estimate of drug-likeness (QED) is 0.886. The van der Waals surface area contributed by atoms with Gasteiger partial charge >= 0.3 is 5.97 Å². The Hall–Kier alpha value is -1.88. The number of amides is 1. The van der Waals surface area contributed by atoms with Gasteiger partial charge in [0.15, 0.2) is 0 Å². The molecular formula is C15H19NO4. The molecule has 5 nitrogen and oxygen atoms in total. The van der Waals surface area contributed by atoms with Gasteiger partial charge in [0.2, 0.25) is 5.91 Å². The fourth-order valence-corrected chi connectivity index (χ4v) is 2.37. The lowest BCUT2D eigenvalue weighted by atomic mass is 10.0. The summed E-state index contributed by atoms with van der Waals surface area (Å²) >= 11 is 0. The second-order valence-electron chi connectivity index (χ2n) is 4.99. The molecule has 1 N–H and O–H groups in total. The summed E-state index contributed by atoms with van der Waals surface area (Å²) < 4.78 is 5.31. The molecule has 1 aromatic carbocycles. The van der Waals surface area contributed by atoms with Crippen molar-refractivity contribution in [3.8, 4) is 0 Å². The molecule has 0 saturated carbocycles. The van der Waals surface area contributed by atoms with Crippen molar-refractivity contribution < 1.29 is 19.4 Å². The van der Waals surface area contributed by atoms with Gasteiger partial charge in [-0.2, -0.15) is 0 Å². The van der Waals surface area contributed by atoms with Crippen molar-refractivity contribution in [2.45, 2.75) is 19.4 Å². The Balaban J connectivity index is 2.05. The van der Waals surface area contributed by atoms with Crippen LogP contribution in [-0.2, 0) is 20.9 Å². The molecule has 2 rings (SSSR count). The monoisotopic (exact) mass is 277 g/mol. The fourth-order valence-electron chi connectivity index (χ4n) is 2.37. The average Bonchev–Trinajstić information content (AvgIpc) is 2.47. The predicted molar refractivity (Wildman–Crippen MR) is 73.0 cm³/mol. The molecule has 108 valence electrons. The molecule has 20 heavy (non-hydrogen) atoms. The van der Waals surface area contributed by atoms with Gasteiger partial charge in [0.1, 0.15) is 6.54 Å². The van der Waals surface area contributed by atoms with Crippen molar-refractivity contribution in [3.05, 3.63) is 35.9 Å². The van der Waals surface area contributed by atoms with Crippen LogP contribution in [0.2, 0.25) is 0 Å². The lowest BCUT2D eigenvalue weighted by Crippen LogP contribution is -2.41. The van der Waals surface area contributed by atoms with E-state index in [2.05, 4.69) is 0 Å². The molecule has 0 aromatic heterocycles. The first-order valence-corrected chi connectivity index (χ1v) is 6.79. The molecule has 0 bridgehead atoms. The molecule has 1 unspecified atom stereocenters. The number of carbonyl (C=O) groups is 2. The topological polar surface area (TPSA) is 66.8 Å². The minimum absolute atomic E-state index is 0.129. The molecule has 1 aliphatic rings. The number of aliphatic carboxylic acids is 1. The molecule has 0 spiro atoms. The Labute approximate surface area is 118 Å². The Morgan fingerprint density at radius 3 is 2.65 bits per heavy atom. The van der Waals surface area contributed by atoms with E-state index in [1.807, 2.05) is 30.3 Å². The minimum atomic E-state index is -0.994. The third-order valence-electron chi connectivity index (χ3n) is 3.36. The molecule has 5 heteroatoms. The van der Waals surface area contributed by atoms with Crippen LogP contribution in [0.4, 0.5) is 0 Å². The maximum Gasteiger partial charge on any atom is 0.323 e. The highest BCUT2D eigenvalue weighted by Gasteiger charge is 2.27. The van der Waals surface area contributed by atoms with Gasteiger partial charge in [-0.25, -0.2) is 0 Å². The van der Waals surface area contributed by atoms with Crippen molar-refractivity contribution in [1.29, 1.82) is 0 Å². The van der Waals surface area contributed by atoms with Crippen molar-refractivity contribution in [2.75, 3.05) is 19.8 Å². The van der Waals surface area contributed by atoms with Crippen LogP contribution in [0.15, 0.2) is 30.3 Å². The first-order valence-electron chi connectivity index (χ1n) is 6.79. The number of rotatable bonds is 5. The largest absolute Gasteiger partial charge is 0.480 e. The minimum Gasteiger partial charge on any atom is -0.480 e. The first-order chi connectivity index (χ1) is 9.66. The van der Waals surface area contributed by atoms with E-state index in [0.717, 1.165) is 18.4 Å². The van der Waals surface area contributed by atoms with E-state index in [-0.39, 0.29) is 18.4 Å². The van der Waals surface area contributed by atoms with Gasteiger partial charge in [0.05, 0.1) is 12.5 Å². The third-order valence-corrected chi connectivity index (χ3v) is 3.36. The zero-order valence-electron chi connectivity index (χ0n) is 11.3. The number of benzene rings is 1. The summed E-state index contributed by atoms with van der Waals surface area (Å²) in [4.78, 5) is 24.8. The van der Waals surface area contributed by atoms with Crippen LogP contribution in [-0.4, -0.2) is 41.6 Å². The van der Waals surface area contributed by atoms with Crippen LogP contribution < -0.4 is 0 Å². The van der Waals surface area contributed by atoms with E-state index in [0.29, 0.717) is 19.8 Å². The van der Waals surface area contributed by atoms with E-state index in [1.165, 1.54) is 4.90 Å². The third kappa shape index (κ3) is 4.06. The van der Waals surface area contributed by atoms with Crippen molar-refractivity contribution in [3.63, 3.8) is 0 Å². The van der Waals surface area contributed by atoms with Crippen LogP contribution in [0.1, 0.15) is 18.4 Å². The number of nitrogens with zero attached hydrogens (tertiary/aromatic N) is 1. The molecule has 1 aliphatic heterocycles. The second kappa shape index (κ2) is 7.05. The summed E-state index contributed by atoms with van der Waals surface area (Å²) in [5.41, 5.74) is 0.929. The molecule has 1 heterocycles. The Kier molecular flexibility index (Phi) is 5.12.